The summed E-state index contributed by atoms with van der Waals surface area (Å²) in [5, 5.41) is 1.02. The first kappa shape index (κ1) is 11.4. The zero-order valence-electron chi connectivity index (χ0n) is 9.15. The van der Waals surface area contributed by atoms with Gasteiger partial charge in [0.15, 0.2) is 5.58 Å². The number of halogens is 2. The van der Waals surface area contributed by atoms with Crippen LogP contribution < -0.4 is 5.73 Å². The standard InChI is InChI=1S/C13H8Cl2N2O/c14-9-2-1-3-11-12(9)18-13(17-11)8-5-4-7(16)6-10(8)15/h1-6H,16H2. The molecule has 2 aromatic carbocycles. The van der Waals surface area contributed by atoms with Gasteiger partial charge in [0.05, 0.1) is 15.6 Å². The van der Waals surface area contributed by atoms with Crippen molar-refractivity contribution >= 4 is 40.0 Å². The molecular formula is C13H8Cl2N2O. The molecule has 1 aromatic heterocycles. The molecule has 2 N–H and O–H groups in total. The lowest BCUT2D eigenvalue weighted by Crippen LogP contribution is -1.85. The normalized spacial score (nSPS) is 11.0. The van der Waals surface area contributed by atoms with E-state index in [4.69, 9.17) is 33.4 Å². The molecule has 0 aliphatic heterocycles. The zero-order chi connectivity index (χ0) is 12.7. The maximum Gasteiger partial charge on any atom is 0.228 e. The third kappa shape index (κ3) is 1.82. The van der Waals surface area contributed by atoms with E-state index < -0.39 is 0 Å². The Morgan fingerprint density at radius 2 is 1.89 bits per heavy atom. The van der Waals surface area contributed by atoms with Crippen molar-refractivity contribution in [2.45, 2.75) is 0 Å². The second-order valence-corrected chi connectivity index (χ2v) is 4.66. The summed E-state index contributed by atoms with van der Waals surface area (Å²) in [5.74, 6) is 0.433. The minimum absolute atomic E-state index is 0.433. The molecule has 0 fully saturated rings. The number of anilines is 1. The first-order valence-electron chi connectivity index (χ1n) is 5.25. The summed E-state index contributed by atoms with van der Waals surface area (Å²) < 4.78 is 5.64. The summed E-state index contributed by atoms with van der Waals surface area (Å²) in [5.41, 5.74) is 8.19. The van der Waals surface area contributed by atoms with Crippen molar-refractivity contribution in [3.05, 3.63) is 46.4 Å². The van der Waals surface area contributed by atoms with Gasteiger partial charge in [-0.25, -0.2) is 4.98 Å². The second-order valence-electron chi connectivity index (χ2n) is 3.85. The van der Waals surface area contributed by atoms with Gasteiger partial charge in [0, 0.05) is 5.69 Å². The van der Waals surface area contributed by atoms with Crippen LogP contribution in [-0.2, 0) is 0 Å². The molecule has 0 aliphatic carbocycles. The summed E-state index contributed by atoms with van der Waals surface area (Å²) in [7, 11) is 0. The Hall–Kier alpha value is -1.71. The van der Waals surface area contributed by atoms with E-state index in [1.54, 1.807) is 24.3 Å². The van der Waals surface area contributed by atoms with Crippen molar-refractivity contribution in [3.63, 3.8) is 0 Å². The fraction of sp³-hybridized carbons (Fsp3) is 0. The van der Waals surface area contributed by atoms with E-state index in [0.717, 1.165) is 0 Å². The average Bonchev–Trinajstić information content (AvgIpc) is 2.74. The highest BCUT2D eigenvalue weighted by atomic mass is 35.5. The van der Waals surface area contributed by atoms with E-state index in [1.807, 2.05) is 12.1 Å². The Bertz CT molecular complexity index is 737. The van der Waals surface area contributed by atoms with Crippen molar-refractivity contribution in [3.8, 4) is 11.5 Å². The third-order valence-corrected chi connectivity index (χ3v) is 3.20. The summed E-state index contributed by atoms with van der Waals surface area (Å²) >= 11 is 12.2. The molecule has 0 saturated heterocycles. The molecular weight excluding hydrogens is 271 g/mol. The molecule has 0 radical (unpaired) electrons. The lowest BCUT2D eigenvalue weighted by molar-refractivity contribution is 0.620. The van der Waals surface area contributed by atoms with Gasteiger partial charge in [-0.05, 0) is 30.3 Å². The van der Waals surface area contributed by atoms with E-state index in [-0.39, 0.29) is 0 Å². The number of para-hydroxylation sites is 1. The Morgan fingerprint density at radius 1 is 1.06 bits per heavy atom. The number of fused-ring (bicyclic) bond motifs is 1. The Kier molecular flexibility index (Phi) is 2.65. The van der Waals surface area contributed by atoms with Gasteiger partial charge in [-0.1, -0.05) is 29.3 Å². The second kappa shape index (κ2) is 4.19. The number of nitrogens with two attached hydrogens (primary N) is 1. The van der Waals surface area contributed by atoms with Crippen LogP contribution in [0.1, 0.15) is 0 Å². The van der Waals surface area contributed by atoms with Gasteiger partial charge in [-0.3, -0.25) is 0 Å². The van der Waals surface area contributed by atoms with Gasteiger partial charge in [0.1, 0.15) is 5.52 Å². The largest absolute Gasteiger partial charge is 0.434 e. The highest BCUT2D eigenvalue weighted by Crippen LogP contribution is 2.33. The minimum Gasteiger partial charge on any atom is -0.434 e. The van der Waals surface area contributed by atoms with E-state index in [9.17, 15) is 0 Å². The molecule has 0 saturated carbocycles. The van der Waals surface area contributed by atoms with Crippen molar-refractivity contribution in [2.24, 2.45) is 0 Å². The molecule has 3 rings (SSSR count). The number of oxazole rings is 1. The lowest BCUT2D eigenvalue weighted by atomic mass is 10.2. The van der Waals surface area contributed by atoms with Crippen LogP contribution in [0, 0.1) is 0 Å². The number of aromatic nitrogens is 1. The van der Waals surface area contributed by atoms with Crippen LogP contribution in [0.25, 0.3) is 22.6 Å². The first-order valence-corrected chi connectivity index (χ1v) is 6.01. The van der Waals surface area contributed by atoms with Gasteiger partial charge in [0.2, 0.25) is 5.89 Å². The quantitative estimate of drug-likeness (QED) is 0.672. The van der Waals surface area contributed by atoms with Crippen LogP contribution in [0.2, 0.25) is 10.0 Å². The van der Waals surface area contributed by atoms with E-state index >= 15 is 0 Å². The molecule has 5 heteroatoms. The van der Waals surface area contributed by atoms with Crippen LogP contribution >= 0.6 is 23.2 Å². The number of rotatable bonds is 1. The minimum atomic E-state index is 0.433. The number of hydrogen-bond acceptors (Lipinski definition) is 3. The highest BCUT2D eigenvalue weighted by Gasteiger charge is 2.13. The molecule has 1 heterocycles. The number of benzene rings is 2. The summed E-state index contributed by atoms with van der Waals surface area (Å²) in [6.45, 7) is 0. The molecule has 0 amide bonds. The maximum atomic E-state index is 6.12. The maximum absolute atomic E-state index is 6.12. The molecule has 3 aromatic rings. The van der Waals surface area contributed by atoms with Crippen molar-refractivity contribution in [1.29, 1.82) is 0 Å². The number of hydrogen-bond donors (Lipinski definition) is 1. The first-order chi connectivity index (χ1) is 8.65. The summed E-state index contributed by atoms with van der Waals surface area (Å²) in [6.07, 6.45) is 0. The van der Waals surface area contributed by atoms with Crippen molar-refractivity contribution in [1.82, 2.24) is 4.98 Å². The monoisotopic (exact) mass is 278 g/mol. The smallest absolute Gasteiger partial charge is 0.228 e. The molecule has 0 aliphatic rings. The van der Waals surface area contributed by atoms with Crippen LogP contribution in [0.15, 0.2) is 40.8 Å². The van der Waals surface area contributed by atoms with E-state index in [1.165, 1.54) is 0 Å². The molecule has 0 spiro atoms. The number of nitrogens with zero attached hydrogens (tertiary/aromatic N) is 1. The Morgan fingerprint density at radius 3 is 2.61 bits per heavy atom. The number of nitrogen functional groups attached to an aromatic ring is 1. The van der Waals surface area contributed by atoms with Gasteiger partial charge in [0.25, 0.3) is 0 Å². The Labute approximate surface area is 113 Å². The fourth-order valence-corrected chi connectivity index (χ4v) is 2.21. The van der Waals surface area contributed by atoms with E-state index in [0.29, 0.717) is 38.3 Å². The molecule has 90 valence electrons. The van der Waals surface area contributed by atoms with E-state index in [2.05, 4.69) is 4.98 Å². The predicted octanol–water partition coefficient (Wildman–Crippen LogP) is 4.38. The predicted molar refractivity (Wildman–Crippen MR) is 73.9 cm³/mol. The summed E-state index contributed by atoms with van der Waals surface area (Å²) in [6, 6.07) is 10.6. The lowest BCUT2D eigenvalue weighted by Gasteiger charge is -2.00. The van der Waals surface area contributed by atoms with Crippen LogP contribution in [-0.4, -0.2) is 4.98 Å². The highest BCUT2D eigenvalue weighted by molar-refractivity contribution is 6.35. The van der Waals surface area contributed by atoms with Gasteiger partial charge in [-0.15, -0.1) is 0 Å². The molecule has 0 bridgehead atoms. The summed E-state index contributed by atoms with van der Waals surface area (Å²) in [4.78, 5) is 4.36. The van der Waals surface area contributed by atoms with Crippen LogP contribution in [0.4, 0.5) is 5.69 Å². The zero-order valence-corrected chi connectivity index (χ0v) is 10.7. The Balaban J connectivity index is 2.23. The van der Waals surface area contributed by atoms with Gasteiger partial charge >= 0.3 is 0 Å². The fourth-order valence-electron chi connectivity index (χ4n) is 1.74. The van der Waals surface area contributed by atoms with Crippen molar-refractivity contribution in [2.75, 3.05) is 5.73 Å². The van der Waals surface area contributed by atoms with Gasteiger partial charge in [-0.2, -0.15) is 0 Å². The van der Waals surface area contributed by atoms with Gasteiger partial charge < -0.3 is 10.2 Å². The van der Waals surface area contributed by atoms with Crippen molar-refractivity contribution < 1.29 is 4.42 Å². The van der Waals surface area contributed by atoms with Crippen LogP contribution in [0.5, 0.6) is 0 Å². The third-order valence-electron chi connectivity index (χ3n) is 2.59. The SMILES string of the molecule is Nc1ccc(-c2nc3cccc(Cl)c3o2)c(Cl)c1. The average molecular weight is 279 g/mol. The topological polar surface area (TPSA) is 52.0 Å². The molecule has 3 nitrogen and oxygen atoms in total. The molecule has 0 unspecified atom stereocenters. The molecule has 18 heavy (non-hydrogen) atoms. The molecule has 0 atom stereocenters. The van der Waals surface area contributed by atoms with Crippen LogP contribution in [0.3, 0.4) is 0 Å².